The van der Waals surface area contributed by atoms with E-state index in [0.29, 0.717) is 18.6 Å². The Balaban J connectivity index is 1.63. The molecule has 202 valence electrons. The van der Waals surface area contributed by atoms with Gasteiger partial charge in [0.05, 0.1) is 26.9 Å². The number of para-hydroxylation sites is 1. The lowest BCUT2D eigenvalue weighted by atomic mass is 10.1. The zero-order chi connectivity index (χ0) is 27.2. The molecule has 7 heteroatoms. The van der Waals surface area contributed by atoms with Gasteiger partial charge in [0.15, 0.2) is 0 Å². The first kappa shape index (κ1) is 28.7. The van der Waals surface area contributed by atoms with Gasteiger partial charge in [-0.3, -0.25) is 9.69 Å². The van der Waals surface area contributed by atoms with Crippen LogP contribution in [0.5, 0.6) is 11.5 Å². The molecule has 0 heterocycles. The summed E-state index contributed by atoms with van der Waals surface area (Å²) in [5.41, 5.74) is 3.85. The summed E-state index contributed by atoms with van der Waals surface area (Å²) in [6.07, 6.45) is 2.88. The molecular weight excluding hydrogens is 482 g/mol. The summed E-state index contributed by atoms with van der Waals surface area (Å²) in [5.74, 6) is 1.16. The average molecular weight is 520 g/mol. The largest absolute Gasteiger partial charge is 0.497 e. The molecule has 0 saturated carbocycles. The predicted molar refractivity (Wildman–Crippen MR) is 146 cm³/mol. The Morgan fingerprint density at radius 1 is 0.763 bits per heavy atom. The van der Waals surface area contributed by atoms with Crippen LogP contribution < -0.4 is 9.47 Å². The van der Waals surface area contributed by atoms with Gasteiger partial charge in [0.25, 0.3) is 0 Å². The van der Waals surface area contributed by atoms with Crippen molar-refractivity contribution < 1.29 is 28.5 Å². The van der Waals surface area contributed by atoms with Crippen molar-refractivity contribution in [2.75, 3.05) is 34.4 Å². The van der Waals surface area contributed by atoms with Crippen molar-refractivity contribution in [3.63, 3.8) is 0 Å². The Bertz CT molecular complexity index is 1140. The van der Waals surface area contributed by atoms with E-state index in [0.717, 1.165) is 67.1 Å². The Kier molecular flexibility index (Phi) is 11.7. The Hall–Kier alpha value is -3.84. The first-order valence-electron chi connectivity index (χ1n) is 12.8. The molecule has 0 fully saturated rings. The molecule has 0 aliphatic rings. The van der Waals surface area contributed by atoms with Gasteiger partial charge in [0.2, 0.25) is 0 Å². The van der Waals surface area contributed by atoms with Crippen LogP contribution in [0.3, 0.4) is 0 Å². The third kappa shape index (κ3) is 9.23. The molecule has 0 unspecified atom stereocenters. The first-order chi connectivity index (χ1) is 18.5. The highest BCUT2D eigenvalue weighted by Gasteiger charge is 2.12. The van der Waals surface area contributed by atoms with Gasteiger partial charge < -0.3 is 18.9 Å². The van der Waals surface area contributed by atoms with Gasteiger partial charge >= 0.3 is 11.9 Å². The van der Waals surface area contributed by atoms with Crippen LogP contribution in [0.25, 0.3) is 0 Å². The molecule has 0 amide bonds. The molecule has 7 nitrogen and oxygen atoms in total. The van der Waals surface area contributed by atoms with Gasteiger partial charge in [-0.1, -0.05) is 42.5 Å². The third-order valence-corrected chi connectivity index (χ3v) is 6.34. The predicted octanol–water partition coefficient (Wildman–Crippen LogP) is 5.45. The number of methoxy groups -OCH3 is 3. The number of unbranched alkanes of at least 4 members (excludes halogenated alkanes) is 1. The molecule has 0 spiro atoms. The van der Waals surface area contributed by atoms with Crippen LogP contribution in [-0.4, -0.2) is 51.3 Å². The highest BCUT2D eigenvalue weighted by Crippen LogP contribution is 2.22. The summed E-state index contributed by atoms with van der Waals surface area (Å²) in [7, 11) is 4.45. The van der Waals surface area contributed by atoms with E-state index in [1.54, 1.807) is 19.2 Å². The smallest absolute Gasteiger partial charge is 0.337 e. The van der Waals surface area contributed by atoms with Crippen molar-refractivity contribution >= 4 is 11.9 Å². The maximum atomic E-state index is 11.8. The molecule has 0 aromatic heterocycles. The van der Waals surface area contributed by atoms with Gasteiger partial charge in [0, 0.05) is 19.5 Å². The van der Waals surface area contributed by atoms with Crippen LogP contribution in [-0.2, 0) is 33.8 Å². The first-order valence-corrected chi connectivity index (χ1v) is 12.8. The number of ether oxygens (including phenoxy) is 4. The van der Waals surface area contributed by atoms with Gasteiger partial charge in [-0.25, -0.2) is 4.79 Å². The summed E-state index contributed by atoms with van der Waals surface area (Å²) in [5, 5.41) is 0. The maximum absolute atomic E-state index is 11.8. The van der Waals surface area contributed by atoms with E-state index < -0.39 is 0 Å². The highest BCUT2D eigenvalue weighted by atomic mass is 16.5. The van der Waals surface area contributed by atoms with Gasteiger partial charge in [-0.2, -0.15) is 0 Å². The molecule has 0 N–H and O–H groups in total. The molecule has 0 aliphatic heterocycles. The lowest BCUT2D eigenvalue weighted by Crippen LogP contribution is -2.27. The Morgan fingerprint density at radius 2 is 1.47 bits per heavy atom. The van der Waals surface area contributed by atoms with Crippen molar-refractivity contribution in [1.82, 2.24) is 4.90 Å². The molecule has 0 radical (unpaired) electrons. The minimum absolute atomic E-state index is 0.183. The molecule has 38 heavy (non-hydrogen) atoms. The minimum atomic E-state index is -0.345. The van der Waals surface area contributed by atoms with E-state index in [2.05, 4.69) is 11.0 Å². The fourth-order valence-corrected chi connectivity index (χ4v) is 4.11. The van der Waals surface area contributed by atoms with Crippen LogP contribution in [0.15, 0.2) is 72.8 Å². The van der Waals surface area contributed by atoms with Crippen LogP contribution in [0, 0.1) is 0 Å². The van der Waals surface area contributed by atoms with E-state index >= 15 is 0 Å². The van der Waals surface area contributed by atoms with Crippen LogP contribution in [0.4, 0.5) is 0 Å². The second-order valence-electron chi connectivity index (χ2n) is 8.99. The van der Waals surface area contributed by atoms with Crippen LogP contribution in [0.2, 0.25) is 0 Å². The fourth-order valence-electron chi connectivity index (χ4n) is 4.11. The number of nitrogens with zero attached hydrogens (tertiary/aromatic N) is 1. The molecule has 3 aromatic carbocycles. The topological polar surface area (TPSA) is 74.3 Å². The fraction of sp³-hybridized carbons (Fsp3) is 0.355. The lowest BCUT2D eigenvalue weighted by Gasteiger charge is -2.23. The third-order valence-electron chi connectivity index (χ3n) is 6.34. The Labute approximate surface area is 225 Å². The summed E-state index contributed by atoms with van der Waals surface area (Å²) in [4.78, 5) is 25.7. The molecule has 3 aromatic rings. The minimum Gasteiger partial charge on any atom is -0.497 e. The summed E-state index contributed by atoms with van der Waals surface area (Å²) in [6.45, 7) is 2.86. The van der Waals surface area contributed by atoms with Crippen molar-refractivity contribution in [2.45, 2.75) is 38.8 Å². The molecule has 0 atom stereocenters. The Morgan fingerprint density at radius 3 is 2.16 bits per heavy atom. The van der Waals surface area contributed by atoms with Crippen molar-refractivity contribution in [3.05, 3.63) is 95.1 Å². The monoisotopic (exact) mass is 519 g/mol. The van der Waals surface area contributed by atoms with Gasteiger partial charge in [-0.05, 0) is 72.8 Å². The molecule has 0 bridgehead atoms. The average Bonchev–Trinajstić information content (AvgIpc) is 2.97. The van der Waals surface area contributed by atoms with E-state index in [1.807, 2.05) is 54.6 Å². The number of carbonyl (C=O) groups excluding carboxylic acids is 2. The van der Waals surface area contributed by atoms with E-state index in [9.17, 15) is 9.59 Å². The molecule has 0 aliphatic carbocycles. The maximum Gasteiger partial charge on any atom is 0.337 e. The van der Waals surface area contributed by atoms with Crippen molar-refractivity contribution in [3.8, 4) is 11.5 Å². The van der Waals surface area contributed by atoms with Crippen LogP contribution in [0.1, 0.15) is 46.3 Å². The number of esters is 2. The second-order valence-corrected chi connectivity index (χ2v) is 8.99. The van der Waals surface area contributed by atoms with Crippen molar-refractivity contribution in [2.24, 2.45) is 0 Å². The van der Waals surface area contributed by atoms with Gasteiger partial charge in [0.1, 0.15) is 18.1 Å². The highest BCUT2D eigenvalue weighted by molar-refractivity contribution is 5.89. The second kappa shape index (κ2) is 15.4. The van der Waals surface area contributed by atoms with Gasteiger partial charge in [-0.15, -0.1) is 0 Å². The lowest BCUT2D eigenvalue weighted by molar-refractivity contribution is -0.140. The SMILES string of the molecule is COC(=O)CCCCN(CCc1ccccc1OCc1ccc(OC)cc1)Cc1ccc(C(=O)OC)cc1. The van der Waals surface area contributed by atoms with E-state index in [-0.39, 0.29) is 11.9 Å². The molecule has 3 rings (SSSR count). The normalized spacial score (nSPS) is 10.7. The summed E-state index contributed by atoms with van der Waals surface area (Å²) in [6, 6.07) is 23.5. The number of hydrogen-bond donors (Lipinski definition) is 0. The molecular formula is C31H37NO6. The number of rotatable bonds is 15. The van der Waals surface area contributed by atoms with Crippen molar-refractivity contribution in [1.29, 1.82) is 0 Å². The number of hydrogen-bond acceptors (Lipinski definition) is 7. The number of carbonyl (C=O) groups is 2. The zero-order valence-electron chi connectivity index (χ0n) is 22.5. The zero-order valence-corrected chi connectivity index (χ0v) is 22.5. The number of benzene rings is 3. The van der Waals surface area contributed by atoms with Crippen LogP contribution >= 0.6 is 0 Å². The summed E-state index contributed by atoms with van der Waals surface area (Å²) < 4.78 is 21.0. The van der Waals surface area contributed by atoms with E-state index in [4.69, 9.17) is 18.9 Å². The summed E-state index contributed by atoms with van der Waals surface area (Å²) >= 11 is 0. The van der Waals surface area contributed by atoms with E-state index in [1.165, 1.54) is 14.2 Å². The standard InChI is InChI=1S/C31H37NO6/c1-35-28-17-13-25(14-18-28)23-38-29-9-5-4-8-26(29)19-21-32(20-7-6-10-30(33)36-2)22-24-11-15-27(16-12-24)31(34)37-3/h4-5,8-9,11-18H,6-7,10,19-23H2,1-3H3. The quantitative estimate of drug-likeness (QED) is 0.195. The molecule has 0 saturated heterocycles.